The molecular weight excluding hydrogens is 156 g/mol. The number of esters is 1. The van der Waals surface area contributed by atoms with Gasteiger partial charge in [0.25, 0.3) is 0 Å². The minimum atomic E-state index is -0.184. The first kappa shape index (κ1) is 11.4. The van der Waals surface area contributed by atoms with E-state index in [0.717, 1.165) is 0 Å². The smallest absolute Gasteiger partial charge is 0.306 e. The van der Waals surface area contributed by atoms with Crippen LogP contribution in [0.4, 0.5) is 0 Å². The van der Waals surface area contributed by atoms with Gasteiger partial charge in [-0.1, -0.05) is 13.8 Å². The Hall–Kier alpha value is -0.570. The minimum Gasteiger partial charge on any atom is -0.466 e. The van der Waals surface area contributed by atoms with Gasteiger partial charge in [0.1, 0.15) is 0 Å². The first-order valence-corrected chi connectivity index (χ1v) is 4.28. The molecule has 0 unspecified atom stereocenters. The van der Waals surface area contributed by atoms with Crippen LogP contribution in [0.5, 0.6) is 0 Å². The van der Waals surface area contributed by atoms with Crippen molar-refractivity contribution in [1.82, 2.24) is 0 Å². The third-order valence-electron chi connectivity index (χ3n) is 1.72. The Kier molecular flexibility index (Phi) is 4.90. The second-order valence-electron chi connectivity index (χ2n) is 3.62. The normalized spacial score (nSPS) is 11.3. The van der Waals surface area contributed by atoms with Gasteiger partial charge in [0.05, 0.1) is 13.0 Å². The van der Waals surface area contributed by atoms with Gasteiger partial charge in [0, 0.05) is 6.61 Å². The highest BCUT2D eigenvalue weighted by Gasteiger charge is 2.21. The molecule has 0 amide bonds. The van der Waals surface area contributed by atoms with E-state index in [0.29, 0.717) is 19.4 Å². The highest BCUT2D eigenvalue weighted by atomic mass is 16.5. The molecule has 0 atom stereocenters. The summed E-state index contributed by atoms with van der Waals surface area (Å²) in [6.07, 6.45) is 1.01. The van der Waals surface area contributed by atoms with Gasteiger partial charge in [0.15, 0.2) is 0 Å². The van der Waals surface area contributed by atoms with Crippen molar-refractivity contribution < 1.29 is 14.6 Å². The quantitative estimate of drug-likeness (QED) is 0.640. The summed E-state index contributed by atoms with van der Waals surface area (Å²) in [7, 11) is 0. The van der Waals surface area contributed by atoms with Crippen LogP contribution in [0.3, 0.4) is 0 Å². The van der Waals surface area contributed by atoms with Crippen molar-refractivity contribution in [2.45, 2.75) is 33.6 Å². The van der Waals surface area contributed by atoms with E-state index in [9.17, 15) is 4.79 Å². The summed E-state index contributed by atoms with van der Waals surface area (Å²) in [6, 6.07) is 0. The zero-order valence-electron chi connectivity index (χ0n) is 8.09. The summed E-state index contributed by atoms with van der Waals surface area (Å²) in [4.78, 5) is 11.0. The number of aliphatic hydroxyl groups is 1. The van der Waals surface area contributed by atoms with Crippen molar-refractivity contribution in [2.24, 2.45) is 5.41 Å². The van der Waals surface area contributed by atoms with E-state index >= 15 is 0 Å². The fraction of sp³-hybridized carbons (Fsp3) is 0.889. The van der Waals surface area contributed by atoms with E-state index in [1.807, 2.05) is 13.8 Å². The lowest BCUT2D eigenvalue weighted by molar-refractivity contribution is -0.145. The van der Waals surface area contributed by atoms with Crippen LogP contribution in [0.25, 0.3) is 0 Å². The van der Waals surface area contributed by atoms with Crippen LogP contribution in [-0.2, 0) is 9.53 Å². The zero-order valence-corrected chi connectivity index (χ0v) is 8.09. The number of carbonyl (C=O) groups excluding carboxylic acids is 1. The predicted octanol–water partition coefficient (Wildman–Crippen LogP) is 1.35. The molecule has 0 fully saturated rings. The van der Waals surface area contributed by atoms with Crippen molar-refractivity contribution in [3.8, 4) is 0 Å². The maximum Gasteiger partial charge on any atom is 0.306 e. The Balaban J connectivity index is 3.79. The molecule has 0 aliphatic carbocycles. The molecule has 12 heavy (non-hydrogen) atoms. The second kappa shape index (κ2) is 5.14. The molecule has 0 aliphatic rings. The van der Waals surface area contributed by atoms with Gasteiger partial charge in [0.2, 0.25) is 0 Å². The fourth-order valence-corrected chi connectivity index (χ4v) is 0.994. The van der Waals surface area contributed by atoms with Gasteiger partial charge in [-0.05, 0) is 18.8 Å². The zero-order chi connectivity index (χ0) is 9.61. The third kappa shape index (κ3) is 5.13. The van der Waals surface area contributed by atoms with Crippen LogP contribution in [0, 0.1) is 5.41 Å². The third-order valence-corrected chi connectivity index (χ3v) is 1.72. The minimum absolute atomic E-state index is 0.117. The van der Waals surface area contributed by atoms with E-state index in [2.05, 4.69) is 0 Å². The maximum atomic E-state index is 11.0. The first-order valence-electron chi connectivity index (χ1n) is 4.28. The summed E-state index contributed by atoms with van der Waals surface area (Å²) in [5.74, 6) is -0.184. The molecule has 3 heteroatoms. The number of aliphatic hydroxyl groups excluding tert-OH is 1. The molecule has 0 aromatic carbocycles. The van der Waals surface area contributed by atoms with Crippen molar-refractivity contribution in [1.29, 1.82) is 0 Å². The molecule has 3 nitrogen and oxygen atoms in total. The molecule has 0 bridgehead atoms. The lowest BCUT2D eigenvalue weighted by Gasteiger charge is -2.21. The number of rotatable bonds is 5. The van der Waals surface area contributed by atoms with E-state index in [1.54, 1.807) is 6.92 Å². The van der Waals surface area contributed by atoms with Gasteiger partial charge < -0.3 is 9.84 Å². The second-order valence-corrected chi connectivity index (χ2v) is 3.62. The molecule has 72 valence electrons. The topological polar surface area (TPSA) is 46.5 Å². The highest BCUT2D eigenvalue weighted by Crippen LogP contribution is 2.24. The Morgan fingerprint density at radius 1 is 1.50 bits per heavy atom. The molecule has 0 aromatic heterocycles. The molecule has 0 radical (unpaired) electrons. The summed E-state index contributed by atoms with van der Waals surface area (Å²) < 4.78 is 4.80. The highest BCUT2D eigenvalue weighted by molar-refractivity contribution is 5.70. The maximum absolute atomic E-state index is 11.0. The largest absolute Gasteiger partial charge is 0.466 e. The standard InChI is InChI=1S/C9H18O3/c1-4-12-8(11)7-9(2,3)5-6-10/h10H,4-7H2,1-3H3. The van der Waals surface area contributed by atoms with E-state index in [-0.39, 0.29) is 18.0 Å². The van der Waals surface area contributed by atoms with Crippen LogP contribution < -0.4 is 0 Å². The number of ether oxygens (including phenoxy) is 1. The van der Waals surface area contributed by atoms with Crippen molar-refractivity contribution in [3.63, 3.8) is 0 Å². The van der Waals surface area contributed by atoms with Gasteiger partial charge in [-0.3, -0.25) is 4.79 Å². The van der Waals surface area contributed by atoms with Gasteiger partial charge in [-0.25, -0.2) is 0 Å². The molecular formula is C9H18O3. The molecule has 0 saturated heterocycles. The van der Waals surface area contributed by atoms with Crippen LogP contribution in [-0.4, -0.2) is 24.3 Å². The first-order chi connectivity index (χ1) is 5.52. The van der Waals surface area contributed by atoms with E-state index in [1.165, 1.54) is 0 Å². The molecule has 0 heterocycles. The van der Waals surface area contributed by atoms with Crippen molar-refractivity contribution in [3.05, 3.63) is 0 Å². The molecule has 0 aliphatic heterocycles. The van der Waals surface area contributed by atoms with Gasteiger partial charge >= 0.3 is 5.97 Å². The predicted molar refractivity (Wildman–Crippen MR) is 46.7 cm³/mol. The fourth-order valence-electron chi connectivity index (χ4n) is 0.994. The molecule has 0 rings (SSSR count). The molecule has 0 spiro atoms. The van der Waals surface area contributed by atoms with Crippen LogP contribution >= 0.6 is 0 Å². The Morgan fingerprint density at radius 2 is 2.08 bits per heavy atom. The summed E-state index contributed by atoms with van der Waals surface area (Å²) in [5.41, 5.74) is -0.152. The summed E-state index contributed by atoms with van der Waals surface area (Å²) >= 11 is 0. The lowest BCUT2D eigenvalue weighted by atomic mass is 9.86. The van der Waals surface area contributed by atoms with Crippen LogP contribution in [0.2, 0.25) is 0 Å². The number of carbonyl (C=O) groups is 1. The molecule has 0 saturated carbocycles. The van der Waals surface area contributed by atoms with Crippen molar-refractivity contribution >= 4 is 5.97 Å². The molecule has 1 N–H and O–H groups in total. The van der Waals surface area contributed by atoms with E-state index in [4.69, 9.17) is 9.84 Å². The Labute approximate surface area is 73.7 Å². The monoisotopic (exact) mass is 174 g/mol. The SMILES string of the molecule is CCOC(=O)CC(C)(C)CCO. The number of hydrogen-bond acceptors (Lipinski definition) is 3. The van der Waals surface area contributed by atoms with Crippen LogP contribution in [0.1, 0.15) is 33.6 Å². The average molecular weight is 174 g/mol. The van der Waals surface area contributed by atoms with Crippen LogP contribution in [0.15, 0.2) is 0 Å². The van der Waals surface area contributed by atoms with Gasteiger partial charge in [-0.2, -0.15) is 0 Å². The average Bonchev–Trinajstić information content (AvgIpc) is 1.85. The van der Waals surface area contributed by atoms with Gasteiger partial charge in [-0.15, -0.1) is 0 Å². The van der Waals surface area contributed by atoms with Crippen molar-refractivity contribution in [2.75, 3.05) is 13.2 Å². The summed E-state index contributed by atoms with van der Waals surface area (Å²) in [6.45, 7) is 6.22. The lowest BCUT2D eigenvalue weighted by Crippen LogP contribution is -2.20. The van der Waals surface area contributed by atoms with E-state index < -0.39 is 0 Å². The summed E-state index contributed by atoms with van der Waals surface area (Å²) in [5, 5.41) is 8.69. The molecule has 0 aromatic rings. The Morgan fingerprint density at radius 3 is 2.50 bits per heavy atom. The Bertz CT molecular complexity index is 141. The number of hydrogen-bond donors (Lipinski definition) is 1.